The molecule has 0 amide bonds. The maximum Gasteiger partial charge on any atom is 0.292 e. The Balaban J connectivity index is 2.17. The number of thiophene rings is 1. The van der Waals surface area contributed by atoms with Crippen molar-refractivity contribution in [2.75, 3.05) is 5.32 Å². The predicted molar refractivity (Wildman–Crippen MR) is 80.1 cm³/mol. The summed E-state index contributed by atoms with van der Waals surface area (Å²) in [6.07, 6.45) is 0. The van der Waals surface area contributed by atoms with Gasteiger partial charge in [0.1, 0.15) is 5.69 Å². The second-order valence-corrected chi connectivity index (χ2v) is 6.94. The van der Waals surface area contributed by atoms with E-state index >= 15 is 0 Å². The first-order valence-electron chi connectivity index (χ1n) is 4.98. The summed E-state index contributed by atoms with van der Waals surface area (Å²) in [7, 11) is 0. The largest absolute Gasteiger partial charge is 0.375 e. The number of rotatable bonds is 4. The summed E-state index contributed by atoms with van der Waals surface area (Å²) in [6.45, 7) is 0.563. The van der Waals surface area contributed by atoms with Crippen LogP contribution in [0.15, 0.2) is 38.6 Å². The van der Waals surface area contributed by atoms with Crippen molar-refractivity contribution in [3.63, 3.8) is 0 Å². The van der Waals surface area contributed by atoms with Gasteiger partial charge in [-0.05, 0) is 40.2 Å². The molecule has 0 aliphatic rings. The zero-order valence-corrected chi connectivity index (χ0v) is 13.0. The minimum Gasteiger partial charge on any atom is -0.375 e. The fourth-order valence-electron chi connectivity index (χ4n) is 1.44. The predicted octanol–water partition coefficient (Wildman–Crippen LogP) is 4.79. The lowest BCUT2D eigenvalue weighted by atomic mass is 10.2. The van der Waals surface area contributed by atoms with Gasteiger partial charge in [0.25, 0.3) is 5.69 Å². The molecule has 0 aliphatic heterocycles. The highest BCUT2D eigenvalue weighted by atomic mass is 79.9. The maximum absolute atomic E-state index is 10.9. The molecule has 1 heterocycles. The molecule has 0 radical (unpaired) electrons. The van der Waals surface area contributed by atoms with Crippen LogP contribution in [-0.2, 0) is 6.54 Å². The van der Waals surface area contributed by atoms with Crippen LogP contribution >= 0.6 is 43.2 Å². The topological polar surface area (TPSA) is 55.2 Å². The maximum atomic E-state index is 10.9. The van der Waals surface area contributed by atoms with Crippen LogP contribution in [0.25, 0.3) is 0 Å². The average Bonchev–Trinajstić information content (AvgIpc) is 2.72. The van der Waals surface area contributed by atoms with E-state index in [1.165, 1.54) is 6.07 Å². The van der Waals surface area contributed by atoms with Gasteiger partial charge < -0.3 is 5.32 Å². The molecule has 1 aromatic heterocycles. The minimum absolute atomic E-state index is 0.0776. The SMILES string of the molecule is O=[N+]([O-])c1ccc(Br)cc1NCc1ccc(Br)s1. The van der Waals surface area contributed by atoms with Crippen molar-refractivity contribution in [1.29, 1.82) is 0 Å². The first-order chi connectivity index (χ1) is 8.56. The van der Waals surface area contributed by atoms with Gasteiger partial charge >= 0.3 is 0 Å². The van der Waals surface area contributed by atoms with Gasteiger partial charge in [-0.25, -0.2) is 0 Å². The summed E-state index contributed by atoms with van der Waals surface area (Å²) in [5.41, 5.74) is 0.590. The van der Waals surface area contributed by atoms with Crippen LogP contribution in [-0.4, -0.2) is 4.92 Å². The van der Waals surface area contributed by atoms with Crippen LogP contribution in [0.1, 0.15) is 4.88 Å². The Bertz CT molecular complexity index is 586. The Morgan fingerprint density at radius 2 is 2.06 bits per heavy atom. The number of hydrogen-bond acceptors (Lipinski definition) is 4. The van der Waals surface area contributed by atoms with Crippen LogP contribution in [0, 0.1) is 10.1 Å². The second-order valence-electron chi connectivity index (χ2n) is 3.48. The highest BCUT2D eigenvalue weighted by molar-refractivity contribution is 9.11. The van der Waals surface area contributed by atoms with E-state index in [9.17, 15) is 10.1 Å². The summed E-state index contributed by atoms with van der Waals surface area (Å²) in [6, 6.07) is 8.78. The van der Waals surface area contributed by atoms with Gasteiger partial charge in [-0.1, -0.05) is 15.9 Å². The molecule has 1 aromatic carbocycles. The molecular formula is C11H8Br2N2O2S. The first kappa shape index (κ1) is 13.5. The number of halogens is 2. The van der Waals surface area contributed by atoms with E-state index in [1.54, 1.807) is 23.5 Å². The molecule has 0 spiro atoms. The van der Waals surface area contributed by atoms with Gasteiger partial charge in [0.2, 0.25) is 0 Å². The quantitative estimate of drug-likeness (QED) is 0.601. The highest BCUT2D eigenvalue weighted by Gasteiger charge is 2.13. The number of nitrogens with one attached hydrogen (secondary N) is 1. The van der Waals surface area contributed by atoms with E-state index in [4.69, 9.17) is 0 Å². The molecule has 0 unspecified atom stereocenters. The molecule has 0 saturated carbocycles. The van der Waals surface area contributed by atoms with Gasteiger partial charge in [0.15, 0.2) is 0 Å². The Morgan fingerprint density at radius 3 is 2.67 bits per heavy atom. The third kappa shape index (κ3) is 3.30. The molecule has 18 heavy (non-hydrogen) atoms. The van der Waals surface area contributed by atoms with Crippen molar-refractivity contribution in [2.24, 2.45) is 0 Å². The molecule has 4 nitrogen and oxygen atoms in total. The van der Waals surface area contributed by atoms with Gasteiger partial charge in [0, 0.05) is 22.0 Å². The van der Waals surface area contributed by atoms with Crippen molar-refractivity contribution >= 4 is 54.6 Å². The minimum atomic E-state index is -0.390. The summed E-state index contributed by atoms with van der Waals surface area (Å²) >= 11 is 8.29. The second kappa shape index (κ2) is 5.81. The van der Waals surface area contributed by atoms with Gasteiger partial charge in [-0.2, -0.15) is 0 Å². The highest BCUT2D eigenvalue weighted by Crippen LogP contribution is 2.29. The molecule has 0 aliphatic carbocycles. The standard InChI is InChI=1S/C11H8Br2N2O2S/c12-7-1-3-10(15(16)17)9(5-7)14-6-8-2-4-11(13)18-8/h1-5,14H,6H2. The lowest BCUT2D eigenvalue weighted by Crippen LogP contribution is -2.01. The summed E-state index contributed by atoms with van der Waals surface area (Å²) < 4.78 is 1.85. The van der Waals surface area contributed by atoms with Gasteiger partial charge in [-0.3, -0.25) is 10.1 Å². The number of nitro benzene ring substituents is 1. The number of benzene rings is 1. The summed E-state index contributed by atoms with van der Waals surface area (Å²) in [4.78, 5) is 11.6. The van der Waals surface area contributed by atoms with Gasteiger partial charge in [-0.15, -0.1) is 11.3 Å². The fourth-order valence-corrected chi connectivity index (χ4v) is 3.22. The van der Waals surface area contributed by atoms with Crippen LogP contribution in [0.4, 0.5) is 11.4 Å². The summed E-state index contributed by atoms with van der Waals surface area (Å²) in [5, 5.41) is 14.0. The van der Waals surface area contributed by atoms with E-state index < -0.39 is 0 Å². The Labute approximate surface area is 124 Å². The third-order valence-corrected chi connectivity index (χ3v) is 4.35. The van der Waals surface area contributed by atoms with Crippen LogP contribution in [0.3, 0.4) is 0 Å². The molecule has 0 bridgehead atoms. The average molecular weight is 392 g/mol. The van der Waals surface area contributed by atoms with E-state index in [0.29, 0.717) is 12.2 Å². The Hall–Kier alpha value is -0.920. The third-order valence-electron chi connectivity index (χ3n) is 2.24. The number of nitro groups is 1. The molecule has 94 valence electrons. The lowest BCUT2D eigenvalue weighted by molar-refractivity contribution is -0.384. The van der Waals surface area contributed by atoms with E-state index in [2.05, 4.69) is 37.2 Å². The smallest absolute Gasteiger partial charge is 0.292 e. The monoisotopic (exact) mass is 390 g/mol. The zero-order valence-electron chi connectivity index (χ0n) is 9.02. The van der Waals surface area contributed by atoms with Crippen LogP contribution in [0.5, 0.6) is 0 Å². The number of nitrogens with zero attached hydrogens (tertiary/aromatic N) is 1. The normalized spacial score (nSPS) is 10.3. The molecule has 2 aromatic rings. The van der Waals surface area contributed by atoms with Gasteiger partial charge in [0.05, 0.1) is 8.71 Å². The van der Waals surface area contributed by atoms with Crippen LogP contribution in [0.2, 0.25) is 0 Å². The van der Waals surface area contributed by atoms with Crippen molar-refractivity contribution in [1.82, 2.24) is 0 Å². The summed E-state index contributed by atoms with van der Waals surface area (Å²) in [5.74, 6) is 0. The van der Waals surface area contributed by atoms with Crippen molar-refractivity contribution in [3.05, 3.63) is 53.6 Å². The Kier molecular flexibility index (Phi) is 4.36. The first-order valence-corrected chi connectivity index (χ1v) is 7.38. The van der Waals surface area contributed by atoms with E-state index in [0.717, 1.165) is 13.1 Å². The number of anilines is 1. The molecule has 0 atom stereocenters. The van der Waals surface area contributed by atoms with Crippen molar-refractivity contribution < 1.29 is 4.92 Å². The van der Waals surface area contributed by atoms with Crippen molar-refractivity contribution in [3.8, 4) is 0 Å². The lowest BCUT2D eigenvalue weighted by Gasteiger charge is -2.06. The molecule has 0 fully saturated rings. The number of hydrogen-bond donors (Lipinski definition) is 1. The molecular weight excluding hydrogens is 384 g/mol. The van der Waals surface area contributed by atoms with E-state index in [-0.39, 0.29) is 10.6 Å². The fraction of sp³-hybridized carbons (Fsp3) is 0.0909. The van der Waals surface area contributed by atoms with E-state index in [1.807, 2.05) is 12.1 Å². The zero-order chi connectivity index (χ0) is 13.1. The Morgan fingerprint density at radius 1 is 1.28 bits per heavy atom. The molecule has 0 saturated heterocycles. The van der Waals surface area contributed by atoms with Crippen LogP contribution < -0.4 is 5.32 Å². The molecule has 7 heteroatoms. The van der Waals surface area contributed by atoms with Crippen molar-refractivity contribution in [2.45, 2.75) is 6.54 Å². The molecule has 2 rings (SSSR count). The molecule has 1 N–H and O–H groups in total.